The number of rotatable bonds is 28. The first-order valence-corrected chi connectivity index (χ1v) is 20.2. The first kappa shape index (κ1) is 44.4. The van der Waals surface area contributed by atoms with Gasteiger partial charge >= 0.3 is 18.3 Å². The largest absolute Gasteiger partial charge is 0.500 e. The molecule has 0 aliphatic heterocycles. The number of hydrogen-bond donors (Lipinski definition) is 0. The second-order valence-electron chi connectivity index (χ2n) is 9.71. The fraction of sp³-hybridized carbons (Fsp3) is 0.938. The van der Waals surface area contributed by atoms with Gasteiger partial charge in [-0.25, -0.2) is 0 Å². The van der Waals surface area contributed by atoms with Crippen molar-refractivity contribution in [1.29, 1.82) is 0 Å². The van der Waals surface area contributed by atoms with Crippen LogP contribution in [0.2, 0.25) is 6.04 Å². The highest BCUT2D eigenvalue weighted by Crippen LogP contribution is 2.20. The molecule has 40 heavy (non-hydrogen) atoms. The van der Waals surface area contributed by atoms with Crippen LogP contribution in [-0.4, -0.2) is 58.0 Å². The number of hydrogen-bond acceptors (Lipinski definition) is 6. The summed E-state index contributed by atoms with van der Waals surface area (Å²) in [6.45, 7) is 24.2. The smallest absolute Gasteiger partial charge is 0.376 e. The van der Waals surface area contributed by atoms with E-state index in [-0.39, 0.29) is 0 Å². The molecule has 0 amide bonds. The number of allylic oxidation sites excluding steroid dienone is 1. The minimum Gasteiger partial charge on any atom is -0.376 e. The summed E-state index contributed by atoms with van der Waals surface area (Å²) in [6, 6.07) is 0.970. The lowest BCUT2D eigenvalue weighted by molar-refractivity contribution is 0.0706. The van der Waals surface area contributed by atoms with Gasteiger partial charge in [0.2, 0.25) is 0 Å². The summed E-state index contributed by atoms with van der Waals surface area (Å²) >= 11 is 0. The molecule has 0 aromatic heterocycles. The highest BCUT2D eigenvalue weighted by molar-refractivity contribution is 6.60. The summed E-state index contributed by atoms with van der Waals surface area (Å²) in [7, 11) is -4.11. The lowest BCUT2D eigenvalue weighted by Crippen LogP contribution is -2.45. The van der Waals surface area contributed by atoms with Crippen LogP contribution in [0.1, 0.15) is 152 Å². The molecule has 0 bridgehead atoms. The summed E-state index contributed by atoms with van der Waals surface area (Å²) in [5, 5.41) is 0. The Morgan fingerprint density at radius 2 is 0.825 bits per heavy atom. The second kappa shape index (κ2) is 38.9. The molecular formula is C32H72O6Si2. The maximum absolute atomic E-state index is 5.86. The lowest BCUT2D eigenvalue weighted by atomic mass is 10.1. The molecule has 0 radical (unpaired) electrons. The molecular weight excluding hydrogens is 537 g/mol. The van der Waals surface area contributed by atoms with Crippen LogP contribution in [0, 0.1) is 0 Å². The molecule has 6 nitrogen and oxygen atoms in total. The molecule has 0 aliphatic rings. The highest BCUT2D eigenvalue weighted by Gasteiger charge is 2.39. The second-order valence-corrected chi connectivity index (χ2v) is 14.0. The third-order valence-corrected chi connectivity index (χ3v) is 11.1. The van der Waals surface area contributed by atoms with Gasteiger partial charge in [0.05, 0.1) is 0 Å². The predicted octanol–water partition coefficient (Wildman–Crippen LogP) is 9.91. The summed E-state index contributed by atoms with van der Waals surface area (Å²) < 4.78 is 33.2. The van der Waals surface area contributed by atoms with Crippen molar-refractivity contribution in [2.75, 3.05) is 39.6 Å². The quantitative estimate of drug-likeness (QED) is 0.0500. The first-order chi connectivity index (χ1) is 19.5. The monoisotopic (exact) mass is 608 g/mol. The van der Waals surface area contributed by atoms with Crippen molar-refractivity contribution in [3.8, 4) is 0 Å². The molecule has 0 saturated carbocycles. The van der Waals surface area contributed by atoms with Crippen LogP contribution in [0.4, 0.5) is 0 Å². The molecule has 0 aliphatic carbocycles. The standard InChI is InChI=1S/C16H36O3Si.C10H20.C6H16O3Si/c1-5-9-10-11-12-13-14-15-16-20(17-6-2,18-7-3)19-8-4;1-3-5-7-9-10-8-6-4-2;1-4-7-10(8-5-2)9-6-3/h5-16H2,1-4H3;3H,1,4-10H2,2H3;10H,4-6H2,1-3H3. The van der Waals surface area contributed by atoms with Gasteiger partial charge in [0, 0.05) is 45.7 Å². The summed E-state index contributed by atoms with van der Waals surface area (Å²) in [6.07, 6.45) is 22.2. The molecule has 0 N–H and O–H groups in total. The van der Waals surface area contributed by atoms with Crippen LogP contribution >= 0.6 is 0 Å². The topological polar surface area (TPSA) is 55.4 Å². The molecule has 0 atom stereocenters. The number of unbranched alkanes of at least 4 members (excludes halogenated alkanes) is 13. The van der Waals surface area contributed by atoms with Gasteiger partial charge < -0.3 is 26.6 Å². The molecule has 0 unspecified atom stereocenters. The Bertz CT molecular complexity index is 426. The van der Waals surface area contributed by atoms with Gasteiger partial charge in [-0.1, -0.05) is 97.0 Å². The summed E-state index contributed by atoms with van der Waals surface area (Å²) in [5.41, 5.74) is 0. The van der Waals surface area contributed by atoms with Crippen molar-refractivity contribution in [2.45, 2.75) is 158 Å². The highest BCUT2D eigenvalue weighted by atomic mass is 28.4. The van der Waals surface area contributed by atoms with Crippen LogP contribution in [-0.2, 0) is 26.6 Å². The third kappa shape index (κ3) is 34.1. The minimum absolute atomic E-state index is 0.677. The van der Waals surface area contributed by atoms with Gasteiger partial charge in [-0.3, -0.25) is 0 Å². The normalized spacial score (nSPS) is 11.1. The van der Waals surface area contributed by atoms with Gasteiger partial charge in [0.15, 0.2) is 0 Å². The molecule has 0 heterocycles. The van der Waals surface area contributed by atoms with Crippen molar-refractivity contribution in [3.05, 3.63) is 12.7 Å². The average molecular weight is 609 g/mol. The van der Waals surface area contributed by atoms with Gasteiger partial charge in [-0.05, 0) is 60.8 Å². The van der Waals surface area contributed by atoms with Crippen molar-refractivity contribution < 1.29 is 26.6 Å². The van der Waals surface area contributed by atoms with Crippen LogP contribution in [0.3, 0.4) is 0 Å². The Kier molecular flexibility index (Phi) is 43.2. The Hall–Kier alpha value is -0.0662. The van der Waals surface area contributed by atoms with Crippen LogP contribution in [0.15, 0.2) is 12.7 Å². The molecule has 0 aromatic carbocycles. The molecule has 244 valence electrons. The van der Waals surface area contributed by atoms with E-state index in [2.05, 4.69) is 20.4 Å². The van der Waals surface area contributed by atoms with E-state index in [1.807, 2.05) is 47.6 Å². The van der Waals surface area contributed by atoms with E-state index in [4.69, 9.17) is 26.6 Å². The fourth-order valence-corrected chi connectivity index (χ4v) is 7.89. The zero-order valence-corrected chi connectivity index (χ0v) is 30.5. The summed E-state index contributed by atoms with van der Waals surface area (Å²) in [4.78, 5) is 0. The van der Waals surface area contributed by atoms with E-state index in [1.165, 1.54) is 96.3 Å². The fourth-order valence-electron chi connectivity index (χ4n) is 4.10. The predicted molar refractivity (Wildman–Crippen MR) is 178 cm³/mol. The van der Waals surface area contributed by atoms with Crippen molar-refractivity contribution in [1.82, 2.24) is 0 Å². The van der Waals surface area contributed by atoms with E-state index in [1.54, 1.807) is 0 Å². The van der Waals surface area contributed by atoms with Crippen molar-refractivity contribution >= 4 is 18.3 Å². The average Bonchev–Trinajstić information content (AvgIpc) is 2.94. The van der Waals surface area contributed by atoms with Crippen LogP contribution in [0.25, 0.3) is 0 Å². The van der Waals surface area contributed by atoms with Gasteiger partial charge in [0.1, 0.15) is 0 Å². The van der Waals surface area contributed by atoms with Crippen molar-refractivity contribution in [3.63, 3.8) is 0 Å². The molecule has 0 spiro atoms. The van der Waals surface area contributed by atoms with Crippen LogP contribution < -0.4 is 0 Å². The van der Waals surface area contributed by atoms with Gasteiger partial charge in [-0.15, -0.1) is 6.58 Å². The zero-order valence-electron chi connectivity index (χ0n) is 28.4. The lowest BCUT2D eigenvalue weighted by Gasteiger charge is -2.28. The minimum atomic E-state index is -2.38. The van der Waals surface area contributed by atoms with Crippen molar-refractivity contribution in [2.24, 2.45) is 0 Å². The molecule has 0 fully saturated rings. The van der Waals surface area contributed by atoms with Gasteiger partial charge in [0.25, 0.3) is 0 Å². The SMILES string of the molecule is C=CCCCCCCCC.CCCCCCCCCC[Si](OCC)(OCC)OCC.CCO[SiH](OCC)OCC. The third-order valence-electron chi connectivity index (χ3n) is 6.10. The van der Waals surface area contributed by atoms with E-state index < -0.39 is 18.3 Å². The molecule has 0 rings (SSSR count). The van der Waals surface area contributed by atoms with E-state index >= 15 is 0 Å². The Morgan fingerprint density at radius 3 is 1.15 bits per heavy atom. The molecule has 0 saturated heterocycles. The van der Waals surface area contributed by atoms with E-state index in [0.29, 0.717) is 39.6 Å². The van der Waals surface area contributed by atoms with Gasteiger partial charge in [-0.2, -0.15) is 0 Å². The summed E-state index contributed by atoms with van der Waals surface area (Å²) in [5.74, 6) is 0. The maximum Gasteiger partial charge on any atom is 0.500 e. The van der Waals surface area contributed by atoms with E-state index in [9.17, 15) is 0 Å². The Morgan fingerprint density at radius 1 is 0.475 bits per heavy atom. The first-order valence-electron chi connectivity index (χ1n) is 16.9. The Balaban J connectivity index is -0.000000573. The zero-order chi connectivity index (χ0) is 30.6. The maximum atomic E-state index is 5.86. The molecule has 8 heteroatoms. The Labute approximate surface area is 254 Å². The van der Waals surface area contributed by atoms with E-state index in [0.717, 1.165) is 6.04 Å². The van der Waals surface area contributed by atoms with Crippen LogP contribution in [0.5, 0.6) is 0 Å². The molecule has 0 aromatic rings.